The molecule has 2 aliphatic heterocycles. The van der Waals surface area contributed by atoms with Crippen molar-refractivity contribution < 1.29 is 51.7 Å². The molecule has 362 valence electrons. The maximum atomic E-state index is 14.0. The first-order valence-corrected chi connectivity index (χ1v) is 23.4. The van der Waals surface area contributed by atoms with Gasteiger partial charge in [0.05, 0.1) is 70.9 Å². The van der Waals surface area contributed by atoms with Crippen molar-refractivity contribution in [2.75, 3.05) is 49.4 Å². The number of halogens is 3. The monoisotopic (exact) mass is 976 g/mol. The van der Waals surface area contributed by atoms with Crippen LogP contribution >= 0.6 is 23.6 Å². The second kappa shape index (κ2) is 21.7. The van der Waals surface area contributed by atoms with E-state index in [1.54, 1.807) is 54.3 Å². The zero-order chi connectivity index (χ0) is 49.6. The van der Waals surface area contributed by atoms with Gasteiger partial charge in [-0.05, 0) is 98.4 Å². The number of thiazole rings is 1. The van der Waals surface area contributed by atoms with Gasteiger partial charge in [-0.3, -0.25) is 24.1 Å². The lowest BCUT2D eigenvalue weighted by Crippen LogP contribution is -2.57. The highest BCUT2D eigenvalue weighted by Gasteiger charge is 2.51. The molecule has 0 unspecified atom stereocenters. The molecule has 6 rings (SSSR count). The van der Waals surface area contributed by atoms with Gasteiger partial charge in [0.2, 0.25) is 11.8 Å². The van der Waals surface area contributed by atoms with Crippen molar-refractivity contribution in [1.82, 2.24) is 15.2 Å². The third kappa shape index (κ3) is 12.1. The van der Waals surface area contributed by atoms with Crippen molar-refractivity contribution in [3.05, 3.63) is 94.6 Å². The number of aliphatic hydroxyl groups excluding tert-OH is 1. The lowest BCUT2D eigenvalue weighted by Gasteiger charge is -2.35. The Morgan fingerprint density at radius 3 is 2.31 bits per heavy atom. The second-order valence-electron chi connectivity index (χ2n) is 18.2. The molecule has 2 fully saturated rings. The molecule has 0 aliphatic carbocycles. The summed E-state index contributed by atoms with van der Waals surface area (Å²) >= 11 is 7.18. The first kappa shape index (κ1) is 51.6. The van der Waals surface area contributed by atoms with Crippen molar-refractivity contribution in [3.63, 3.8) is 0 Å². The Morgan fingerprint density at radius 1 is 1.00 bits per heavy atom. The Hall–Kier alpha value is -5.78. The van der Waals surface area contributed by atoms with Crippen LogP contribution in [-0.2, 0) is 41.2 Å². The van der Waals surface area contributed by atoms with Gasteiger partial charge in [-0.15, -0.1) is 11.3 Å². The number of anilines is 2. The van der Waals surface area contributed by atoms with Crippen molar-refractivity contribution in [2.24, 2.45) is 5.41 Å². The molecule has 0 radical (unpaired) electrons. The average molecular weight is 977 g/mol. The summed E-state index contributed by atoms with van der Waals surface area (Å²) in [5.41, 5.74) is 1.54. The number of aliphatic hydroxyl groups is 1. The molecule has 68 heavy (non-hydrogen) atoms. The Kier molecular flexibility index (Phi) is 16.4. The van der Waals surface area contributed by atoms with Gasteiger partial charge in [0, 0.05) is 38.1 Å². The summed E-state index contributed by atoms with van der Waals surface area (Å²) in [4.78, 5) is 63.4. The van der Waals surface area contributed by atoms with E-state index in [-0.39, 0.29) is 55.8 Å². The number of alkyl halides is 3. The average Bonchev–Trinajstić information content (AvgIpc) is 3.95. The number of ketones is 1. The number of thiocarbonyl (C=S) groups is 1. The Balaban J connectivity index is 0.902. The van der Waals surface area contributed by atoms with Crippen LogP contribution in [-0.4, -0.2) is 107 Å². The molecule has 3 atom stereocenters. The zero-order valence-electron chi connectivity index (χ0n) is 38.7. The minimum absolute atomic E-state index is 0.00887. The summed E-state index contributed by atoms with van der Waals surface area (Å²) < 4.78 is 58.1. The lowest BCUT2D eigenvalue weighted by molar-refractivity contribution is -0.144. The molecule has 0 saturated carbocycles. The van der Waals surface area contributed by atoms with Crippen LogP contribution in [0.5, 0.6) is 5.75 Å². The number of nitrogens with zero attached hydrogens (tertiary/aromatic N) is 5. The molecule has 3 heterocycles. The SMILES string of the molecule is Cc1ncsc1-c1ccc(CCC(=O)[C@@H]2C[C@@H](O)CN2C(=O)[C@@H](NC(=O)COCCOCCCOc2ccc(N3C(=S)N(c4ccc(C#N)c(C(F)(F)F)c4)C(=O)C3(C)C)cc2)C(C)(C)C)cc1. The highest BCUT2D eigenvalue weighted by molar-refractivity contribution is 7.81. The summed E-state index contributed by atoms with van der Waals surface area (Å²) in [6, 6.07) is 17.5. The normalized spacial score (nSPS) is 17.6. The van der Waals surface area contributed by atoms with Gasteiger partial charge in [0.25, 0.3) is 5.91 Å². The molecule has 14 nitrogen and oxygen atoms in total. The van der Waals surface area contributed by atoms with Crippen LogP contribution < -0.4 is 19.9 Å². The maximum Gasteiger partial charge on any atom is 0.417 e. The first-order chi connectivity index (χ1) is 32.1. The molecule has 2 aliphatic rings. The number of nitrogens with one attached hydrogen (secondary N) is 1. The number of rotatable bonds is 19. The minimum atomic E-state index is -4.81. The smallest absolute Gasteiger partial charge is 0.417 e. The molecule has 19 heteroatoms. The van der Waals surface area contributed by atoms with Crippen LogP contribution in [0.3, 0.4) is 0 Å². The van der Waals surface area contributed by atoms with E-state index >= 15 is 0 Å². The predicted molar refractivity (Wildman–Crippen MR) is 254 cm³/mol. The van der Waals surface area contributed by atoms with E-state index in [4.69, 9.17) is 26.4 Å². The van der Waals surface area contributed by atoms with Gasteiger partial charge in [-0.1, -0.05) is 45.0 Å². The Labute approximate surface area is 403 Å². The van der Waals surface area contributed by atoms with E-state index in [9.17, 15) is 42.7 Å². The number of carbonyl (C=O) groups excluding carboxylic acids is 4. The van der Waals surface area contributed by atoms with E-state index in [2.05, 4.69) is 10.3 Å². The zero-order valence-corrected chi connectivity index (χ0v) is 40.4. The van der Waals surface area contributed by atoms with Gasteiger partial charge < -0.3 is 34.4 Å². The van der Waals surface area contributed by atoms with E-state index < -0.39 is 64.2 Å². The predicted octanol–water partition coefficient (Wildman–Crippen LogP) is 7.42. The summed E-state index contributed by atoms with van der Waals surface area (Å²) in [6.07, 6.45) is -4.35. The number of ether oxygens (including phenoxy) is 3. The number of β-amino-alcohol motifs (C(OH)–C–C–N with tert-alkyl or cyclic N) is 1. The van der Waals surface area contributed by atoms with Gasteiger partial charge in [0.1, 0.15) is 23.9 Å². The van der Waals surface area contributed by atoms with Crippen LogP contribution in [0.2, 0.25) is 0 Å². The number of Topliss-reactive ketones (excluding diaryl/α,β-unsaturated/α-hetero) is 1. The topological polar surface area (TPSA) is 175 Å². The number of likely N-dealkylation sites (tertiary alicyclic amines) is 1. The molecule has 3 aromatic carbocycles. The molecule has 4 aromatic rings. The highest BCUT2D eigenvalue weighted by atomic mass is 32.1. The van der Waals surface area contributed by atoms with E-state index in [1.165, 1.54) is 17.0 Å². The Morgan fingerprint density at radius 2 is 1.68 bits per heavy atom. The molecular weight excluding hydrogens is 922 g/mol. The standard InChI is InChI=1S/C49H55F3N6O8S2/c1-30-42(68-29-54-30)32-11-8-31(9-12-32)10-19-40(60)39-25-36(59)27-56(39)44(62)43(47(2,3)4)55-41(61)28-65-23-22-64-20-7-21-66-37-17-15-34(16-18-37)58-46(67)57(45(63)48(58,5)6)35-14-13-33(26-53)38(24-35)49(50,51)52/h8-9,11-18,24,29,36,39,43,59H,7,10,19-23,25,27-28H2,1-6H3,(H,55,61)/t36-,39+,43-/m1/s1. The van der Waals surface area contributed by atoms with Crippen LogP contribution in [0.25, 0.3) is 10.4 Å². The van der Waals surface area contributed by atoms with Crippen LogP contribution in [0.1, 0.15) is 76.3 Å². The maximum absolute atomic E-state index is 14.0. The van der Waals surface area contributed by atoms with Crippen LogP contribution in [0, 0.1) is 23.7 Å². The fourth-order valence-corrected chi connectivity index (χ4v) is 9.44. The van der Waals surface area contributed by atoms with Crippen LogP contribution in [0.4, 0.5) is 24.5 Å². The van der Waals surface area contributed by atoms with Crippen molar-refractivity contribution in [2.45, 2.75) is 97.1 Å². The molecule has 0 bridgehead atoms. The molecule has 2 N–H and O–H groups in total. The fourth-order valence-electron chi connectivity index (χ4n) is 8.10. The van der Waals surface area contributed by atoms with E-state index in [0.29, 0.717) is 37.5 Å². The van der Waals surface area contributed by atoms with E-state index in [1.807, 2.05) is 57.5 Å². The van der Waals surface area contributed by atoms with Crippen molar-refractivity contribution in [1.29, 1.82) is 5.26 Å². The fraction of sp³-hybridized carbons (Fsp3) is 0.449. The molecule has 0 spiro atoms. The van der Waals surface area contributed by atoms with Crippen molar-refractivity contribution in [3.8, 4) is 22.3 Å². The number of amides is 3. The summed E-state index contributed by atoms with van der Waals surface area (Å²) in [5.74, 6) is -1.12. The third-order valence-electron chi connectivity index (χ3n) is 11.7. The molecule has 3 amide bonds. The minimum Gasteiger partial charge on any atom is -0.494 e. The number of carbonyl (C=O) groups is 4. The van der Waals surface area contributed by atoms with Gasteiger partial charge in [0.15, 0.2) is 10.9 Å². The summed E-state index contributed by atoms with van der Waals surface area (Å²) in [6.45, 7) is 11.2. The number of benzene rings is 3. The quantitative estimate of drug-likeness (QED) is 0.0704. The number of aryl methyl sites for hydroxylation is 2. The Bertz CT molecular complexity index is 2520. The molecule has 1 aromatic heterocycles. The number of nitriles is 1. The number of aromatic nitrogens is 1. The summed E-state index contributed by atoms with van der Waals surface area (Å²) in [7, 11) is 0. The first-order valence-electron chi connectivity index (χ1n) is 22.1. The number of hydrogen-bond donors (Lipinski definition) is 2. The third-order valence-corrected chi connectivity index (χ3v) is 13.1. The van der Waals surface area contributed by atoms with Gasteiger partial charge in [-0.2, -0.15) is 18.4 Å². The lowest BCUT2D eigenvalue weighted by atomic mass is 9.85. The van der Waals surface area contributed by atoms with Gasteiger partial charge >= 0.3 is 6.18 Å². The van der Waals surface area contributed by atoms with E-state index in [0.717, 1.165) is 38.7 Å². The highest BCUT2D eigenvalue weighted by Crippen LogP contribution is 2.40. The largest absolute Gasteiger partial charge is 0.494 e. The second-order valence-corrected chi connectivity index (χ2v) is 19.4. The van der Waals surface area contributed by atoms with Crippen LogP contribution in [0.15, 0.2) is 72.2 Å². The summed E-state index contributed by atoms with van der Waals surface area (Å²) in [5, 5.41) is 22.5. The van der Waals surface area contributed by atoms with Crippen molar-refractivity contribution >= 4 is 63.5 Å². The molecular formula is C49H55F3N6O8S2. The molecule has 2 saturated heterocycles. The van der Waals surface area contributed by atoms with Gasteiger partial charge in [-0.25, -0.2) is 4.98 Å². The number of hydrogen-bond acceptors (Lipinski definition) is 12.